The first-order chi connectivity index (χ1) is 5.54. The van der Waals surface area contributed by atoms with Gasteiger partial charge in [-0.2, -0.15) is 5.10 Å². The zero-order valence-electron chi connectivity index (χ0n) is 7.43. The van der Waals surface area contributed by atoms with E-state index in [9.17, 15) is 9.90 Å². The van der Waals surface area contributed by atoms with E-state index in [2.05, 4.69) is 5.10 Å². The Morgan fingerprint density at radius 2 is 2.17 bits per heavy atom. The van der Waals surface area contributed by atoms with Crippen molar-refractivity contribution in [2.45, 2.75) is 26.0 Å². The molecule has 1 heterocycles. The van der Waals surface area contributed by atoms with E-state index in [1.54, 1.807) is 20.9 Å². The monoisotopic (exact) mass is 171 g/mol. The first-order valence-electron chi connectivity index (χ1n) is 3.82. The average Bonchev–Trinajstić information content (AvgIpc) is 2.32. The Labute approximate surface area is 70.2 Å². The normalized spacial score (nSPS) is 16.0. The van der Waals surface area contributed by atoms with Gasteiger partial charge in [0.2, 0.25) is 0 Å². The molecule has 0 aromatic carbocycles. The molecule has 0 aliphatic carbocycles. The molecule has 0 saturated carbocycles. The van der Waals surface area contributed by atoms with Crippen LogP contribution in [0.4, 0.5) is 0 Å². The molecule has 0 aliphatic rings. The van der Waals surface area contributed by atoms with Gasteiger partial charge in [0.25, 0.3) is 0 Å². The largest absolute Gasteiger partial charge is 0.391 e. The number of rotatable bonds is 2. The highest BCUT2D eigenvalue weighted by molar-refractivity contribution is 4.72. The predicted octanol–water partition coefficient (Wildman–Crippen LogP) is -0.476. The summed E-state index contributed by atoms with van der Waals surface area (Å²) in [5, 5.41) is 13.0. The van der Waals surface area contributed by atoms with Crippen molar-refractivity contribution in [1.29, 1.82) is 0 Å². The standard InChI is InChI=1S/C7H13N3O2/c1-5(6(2)11)10-7(12)9(3)4-8-10/h4-6,11H,1-3H3/t5?,6-/m1/s1. The summed E-state index contributed by atoms with van der Waals surface area (Å²) in [4.78, 5) is 11.3. The molecule has 5 nitrogen and oxygen atoms in total. The Bertz CT molecular complexity index is 313. The SMILES string of the molecule is CC([C@@H](C)O)n1ncn(C)c1=O. The van der Waals surface area contributed by atoms with Crippen LogP contribution in [0.15, 0.2) is 11.1 Å². The molecule has 0 amide bonds. The van der Waals surface area contributed by atoms with Crippen LogP contribution >= 0.6 is 0 Å². The highest BCUT2D eigenvalue weighted by atomic mass is 16.3. The Kier molecular flexibility index (Phi) is 2.32. The number of aromatic nitrogens is 3. The van der Waals surface area contributed by atoms with Crippen molar-refractivity contribution in [3.63, 3.8) is 0 Å². The summed E-state index contributed by atoms with van der Waals surface area (Å²) in [6.45, 7) is 3.38. The van der Waals surface area contributed by atoms with Gasteiger partial charge in [0.15, 0.2) is 0 Å². The molecule has 2 atom stereocenters. The predicted molar refractivity (Wildman–Crippen MR) is 43.9 cm³/mol. The van der Waals surface area contributed by atoms with Crippen LogP contribution in [-0.2, 0) is 7.05 Å². The third-order valence-electron chi connectivity index (χ3n) is 1.93. The van der Waals surface area contributed by atoms with Gasteiger partial charge < -0.3 is 5.11 Å². The maximum atomic E-state index is 11.3. The fourth-order valence-corrected chi connectivity index (χ4v) is 0.877. The van der Waals surface area contributed by atoms with Crippen molar-refractivity contribution in [3.8, 4) is 0 Å². The highest BCUT2D eigenvalue weighted by Crippen LogP contribution is 2.04. The number of aliphatic hydroxyl groups excluding tert-OH is 1. The maximum absolute atomic E-state index is 11.3. The van der Waals surface area contributed by atoms with E-state index in [4.69, 9.17) is 0 Å². The molecule has 0 fully saturated rings. The van der Waals surface area contributed by atoms with Crippen LogP contribution < -0.4 is 5.69 Å². The van der Waals surface area contributed by atoms with E-state index in [0.717, 1.165) is 0 Å². The van der Waals surface area contributed by atoms with Crippen molar-refractivity contribution in [1.82, 2.24) is 14.3 Å². The molecular weight excluding hydrogens is 158 g/mol. The van der Waals surface area contributed by atoms with Crippen LogP contribution in [0.1, 0.15) is 19.9 Å². The molecule has 0 bridgehead atoms. The third kappa shape index (κ3) is 1.40. The molecule has 0 saturated heterocycles. The smallest absolute Gasteiger partial charge is 0.345 e. The number of hydrogen-bond donors (Lipinski definition) is 1. The van der Waals surface area contributed by atoms with Crippen LogP contribution in [0.2, 0.25) is 0 Å². The number of hydrogen-bond acceptors (Lipinski definition) is 3. The second kappa shape index (κ2) is 3.10. The summed E-state index contributed by atoms with van der Waals surface area (Å²) in [6, 6.07) is -0.279. The van der Waals surface area contributed by atoms with Crippen LogP contribution in [-0.4, -0.2) is 25.6 Å². The molecular formula is C7H13N3O2. The van der Waals surface area contributed by atoms with E-state index in [0.29, 0.717) is 0 Å². The van der Waals surface area contributed by atoms with Crippen molar-refractivity contribution in [2.24, 2.45) is 7.05 Å². The summed E-state index contributed by atoms with van der Waals surface area (Å²) in [6.07, 6.45) is 0.860. The summed E-state index contributed by atoms with van der Waals surface area (Å²) in [7, 11) is 1.63. The third-order valence-corrected chi connectivity index (χ3v) is 1.93. The van der Waals surface area contributed by atoms with Crippen LogP contribution in [0.5, 0.6) is 0 Å². The van der Waals surface area contributed by atoms with Gasteiger partial charge in [-0.25, -0.2) is 9.48 Å². The van der Waals surface area contributed by atoms with Gasteiger partial charge in [0.05, 0.1) is 12.1 Å². The lowest BCUT2D eigenvalue weighted by Gasteiger charge is -2.12. The fraction of sp³-hybridized carbons (Fsp3) is 0.714. The van der Waals surface area contributed by atoms with E-state index >= 15 is 0 Å². The van der Waals surface area contributed by atoms with Crippen molar-refractivity contribution >= 4 is 0 Å². The van der Waals surface area contributed by atoms with E-state index in [1.165, 1.54) is 15.6 Å². The Morgan fingerprint density at radius 1 is 1.58 bits per heavy atom. The molecule has 5 heteroatoms. The van der Waals surface area contributed by atoms with E-state index in [-0.39, 0.29) is 11.7 Å². The van der Waals surface area contributed by atoms with Crippen molar-refractivity contribution in [2.75, 3.05) is 0 Å². The first kappa shape index (κ1) is 8.99. The highest BCUT2D eigenvalue weighted by Gasteiger charge is 2.14. The zero-order chi connectivity index (χ0) is 9.30. The first-order valence-corrected chi connectivity index (χ1v) is 3.82. The molecule has 0 spiro atoms. The topological polar surface area (TPSA) is 60.0 Å². The van der Waals surface area contributed by atoms with Crippen LogP contribution in [0.3, 0.4) is 0 Å². The van der Waals surface area contributed by atoms with Gasteiger partial charge in [-0.05, 0) is 13.8 Å². The summed E-state index contributed by atoms with van der Waals surface area (Å²) >= 11 is 0. The molecule has 1 aromatic rings. The molecule has 68 valence electrons. The van der Waals surface area contributed by atoms with Gasteiger partial charge in [-0.15, -0.1) is 0 Å². The molecule has 1 unspecified atom stereocenters. The Morgan fingerprint density at radius 3 is 2.50 bits per heavy atom. The molecule has 1 N–H and O–H groups in total. The average molecular weight is 171 g/mol. The van der Waals surface area contributed by atoms with E-state index < -0.39 is 6.10 Å². The summed E-state index contributed by atoms with van der Waals surface area (Å²) < 4.78 is 2.64. The Balaban J connectivity index is 3.04. The molecule has 1 aromatic heterocycles. The van der Waals surface area contributed by atoms with Crippen LogP contribution in [0, 0.1) is 0 Å². The Hall–Kier alpha value is -1.10. The van der Waals surface area contributed by atoms with Gasteiger partial charge in [0.1, 0.15) is 6.33 Å². The lowest BCUT2D eigenvalue weighted by Crippen LogP contribution is -2.30. The minimum absolute atomic E-state index is 0.205. The van der Waals surface area contributed by atoms with Crippen molar-refractivity contribution < 1.29 is 5.11 Å². The number of nitrogens with zero attached hydrogens (tertiary/aromatic N) is 3. The van der Waals surface area contributed by atoms with Gasteiger partial charge in [0, 0.05) is 7.05 Å². The fourth-order valence-electron chi connectivity index (χ4n) is 0.877. The number of aliphatic hydroxyl groups is 1. The second-order valence-electron chi connectivity index (χ2n) is 2.95. The van der Waals surface area contributed by atoms with Gasteiger partial charge in [-0.1, -0.05) is 0 Å². The van der Waals surface area contributed by atoms with Gasteiger partial charge >= 0.3 is 5.69 Å². The minimum atomic E-state index is -0.572. The summed E-state index contributed by atoms with van der Waals surface area (Å²) in [5.74, 6) is 0. The lowest BCUT2D eigenvalue weighted by atomic mass is 10.2. The zero-order valence-corrected chi connectivity index (χ0v) is 7.43. The molecule has 0 aliphatic heterocycles. The van der Waals surface area contributed by atoms with Crippen molar-refractivity contribution in [3.05, 3.63) is 16.8 Å². The van der Waals surface area contributed by atoms with Crippen LogP contribution in [0.25, 0.3) is 0 Å². The summed E-state index contributed by atoms with van der Waals surface area (Å²) in [5.41, 5.74) is -0.205. The lowest BCUT2D eigenvalue weighted by molar-refractivity contribution is 0.130. The minimum Gasteiger partial charge on any atom is -0.391 e. The van der Waals surface area contributed by atoms with Gasteiger partial charge in [-0.3, -0.25) is 4.57 Å². The molecule has 0 radical (unpaired) electrons. The quantitative estimate of drug-likeness (QED) is 0.654. The number of aryl methyl sites for hydroxylation is 1. The molecule has 12 heavy (non-hydrogen) atoms. The van der Waals surface area contributed by atoms with E-state index in [1.807, 2.05) is 0 Å². The second-order valence-corrected chi connectivity index (χ2v) is 2.95. The maximum Gasteiger partial charge on any atom is 0.345 e. The molecule has 1 rings (SSSR count).